The quantitative estimate of drug-likeness (QED) is 0.646. The van der Waals surface area contributed by atoms with Crippen molar-refractivity contribution >= 4 is 5.69 Å². The van der Waals surface area contributed by atoms with Gasteiger partial charge in [-0.2, -0.15) is 0 Å². The van der Waals surface area contributed by atoms with Crippen molar-refractivity contribution in [3.8, 4) is 5.75 Å². The van der Waals surface area contributed by atoms with Gasteiger partial charge in [0.1, 0.15) is 12.4 Å². The second-order valence-corrected chi connectivity index (χ2v) is 5.24. The van der Waals surface area contributed by atoms with Crippen molar-refractivity contribution in [3.63, 3.8) is 0 Å². The Morgan fingerprint density at radius 2 is 1.76 bits per heavy atom. The lowest BCUT2D eigenvalue weighted by molar-refractivity contribution is -0.0164. The molecule has 0 spiro atoms. The van der Waals surface area contributed by atoms with E-state index in [9.17, 15) is 0 Å². The second kappa shape index (κ2) is 5.41. The average molecular weight is 237 g/mol. The van der Waals surface area contributed by atoms with Crippen LogP contribution in [0.15, 0.2) is 12.1 Å². The van der Waals surface area contributed by atoms with Gasteiger partial charge < -0.3 is 15.2 Å². The van der Waals surface area contributed by atoms with E-state index in [0.717, 1.165) is 22.6 Å². The van der Waals surface area contributed by atoms with Crippen LogP contribution in [0.5, 0.6) is 5.75 Å². The van der Waals surface area contributed by atoms with Gasteiger partial charge in [0, 0.05) is 11.3 Å². The average Bonchev–Trinajstić information content (AvgIpc) is 2.21. The van der Waals surface area contributed by atoms with E-state index in [1.165, 1.54) is 0 Å². The topological polar surface area (TPSA) is 44.5 Å². The van der Waals surface area contributed by atoms with E-state index in [1.807, 2.05) is 46.8 Å². The van der Waals surface area contributed by atoms with Gasteiger partial charge in [-0.05, 0) is 46.2 Å². The van der Waals surface area contributed by atoms with Crippen LogP contribution in [0.3, 0.4) is 0 Å². The minimum Gasteiger partial charge on any atom is -0.491 e. The Hall–Kier alpha value is -1.22. The highest BCUT2D eigenvalue weighted by Crippen LogP contribution is 2.27. The summed E-state index contributed by atoms with van der Waals surface area (Å²) in [5.74, 6) is 0.877. The maximum atomic E-state index is 5.85. The van der Waals surface area contributed by atoms with Crippen LogP contribution in [0.1, 0.15) is 31.9 Å². The van der Waals surface area contributed by atoms with Crippen LogP contribution in [0.2, 0.25) is 0 Å². The fourth-order valence-electron chi connectivity index (χ4n) is 1.56. The van der Waals surface area contributed by atoms with Gasteiger partial charge in [0.05, 0.1) is 12.2 Å². The third kappa shape index (κ3) is 4.27. The first-order chi connectivity index (χ1) is 7.81. The summed E-state index contributed by atoms with van der Waals surface area (Å²) in [6.45, 7) is 11.2. The number of rotatable bonds is 4. The van der Waals surface area contributed by atoms with Gasteiger partial charge in [0.25, 0.3) is 0 Å². The first-order valence-corrected chi connectivity index (χ1v) is 5.93. The van der Waals surface area contributed by atoms with E-state index in [0.29, 0.717) is 13.2 Å². The molecule has 0 amide bonds. The molecule has 3 nitrogen and oxygen atoms in total. The fraction of sp³-hybridized carbons (Fsp3) is 0.571. The lowest BCUT2D eigenvalue weighted by atomic mass is 10.1. The first-order valence-electron chi connectivity index (χ1n) is 5.93. The Labute approximate surface area is 104 Å². The summed E-state index contributed by atoms with van der Waals surface area (Å²) in [6.07, 6.45) is 0. The lowest BCUT2D eigenvalue weighted by Crippen LogP contribution is -2.22. The Morgan fingerprint density at radius 1 is 1.12 bits per heavy atom. The molecule has 0 radical (unpaired) electrons. The molecule has 3 heteroatoms. The summed E-state index contributed by atoms with van der Waals surface area (Å²) < 4.78 is 11.3. The van der Waals surface area contributed by atoms with E-state index in [2.05, 4.69) is 0 Å². The third-order valence-corrected chi connectivity index (χ3v) is 2.51. The van der Waals surface area contributed by atoms with Crippen molar-refractivity contribution in [2.24, 2.45) is 0 Å². The van der Waals surface area contributed by atoms with Gasteiger partial charge in [-0.3, -0.25) is 0 Å². The summed E-state index contributed by atoms with van der Waals surface area (Å²) >= 11 is 0. The number of benzene rings is 1. The van der Waals surface area contributed by atoms with Crippen molar-refractivity contribution in [1.82, 2.24) is 0 Å². The molecule has 0 aliphatic rings. The highest BCUT2D eigenvalue weighted by atomic mass is 16.5. The minimum absolute atomic E-state index is 0.122. The predicted molar refractivity (Wildman–Crippen MR) is 71.5 cm³/mol. The molecule has 0 saturated heterocycles. The number of ether oxygens (including phenoxy) is 2. The molecule has 1 rings (SSSR count). The van der Waals surface area contributed by atoms with Gasteiger partial charge in [0.2, 0.25) is 0 Å². The fourth-order valence-corrected chi connectivity index (χ4v) is 1.56. The molecule has 2 N–H and O–H groups in total. The first kappa shape index (κ1) is 13.8. The molecule has 1 aromatic carbocycles. The maximum Gasteiger partial charge on any atom is 0.127 e. The highest BCUT2D eigenvalue weighted by molar-refractivity contribution is 5.56. The van der Waals surface area contributed by atoms with E-state index >= 15 is 0 Å². The lowest BCUT2D eigenvalue weighted by Gasteiger charge is -2.20. The summed E-state index contributed by atoms with van der Waals surface area (Å²) in [7, 11) is 0. The number of aryl methyl sites for hydroxylation is 1. The molecule has 0 saturated carbocycles. The Morgan fingerprint density at radius 3 is 2.35 bits per heavy atom. The number of hydrogen-bond acceptors (Lipinski definition) is 3. The molecule has 0 aromatic heterocycles. The van der Waals surface area contributed by atoms with Crippen molar-refractivity contribution in [3.05, 3.63) is 23.3 Å². The van der Waals surface area contributed by atoms with Crippen LogP contribution in [0.25, 0.3) is 0 Å². The van der Waals surface area contributed by atoms with Crippen molar-refractivity contribution < 1.29 is 9.47 Å². The Kier molecular flexibility index (Phi) is 4.40. The second-order valence-electron chi connectivity index (χ2n) is 5.24. The molecule has 17 heavy (non-hydrogen) atoms. The molecule has 0 bridgehead atoms. The molecule has 0 fully saturated rings. The molecule has 0 aliphatic carbocycles. The number of nitrogen functional groups attached to an aromatic ring is 1. The monoisotopic (exact) mass is 237 g/mol. The van der Waals surface area contributed by atoms with Crippen LogP contribution in [0, 0.1) is 13.8 Å². The van der Waals surface area contributed by atoms with E-state index in [-0.39, 0.29) is 5.60 Å². The van der Waals surface area contributed by atoms with Gasteiger partial charge in [-0.1, -0.05) is 6.07 Å². The van der Waals surface area contributed by atoms with Crippen LogP contribution < -0.4 is 10.5 Å². The van der Waals surface area contributed by atoms with E-state index in [4.69, 9.17) is 15.2 Å². The van der Waals surface area contributed by atoms with Crippen molar-refractivity contribution in [2.45, 2.75) is 40.2 Å². The minimum atomic E-state index is -0.122. The van der Waals surface area contributed by atoms with Crippen molar-refractivity contribution in [2.75, 3.05) is 18.9 Å². The Bertz CT molecular complexity index is 381. The van der Waals surface area contributed by atoms with Crippen LogP contribution in [-0.2, 0) is 4.74 Å². The Balaban J connectivity index is 2.55. The third-order valence-electron chi connectivity index (χ3n) is 2.51. The smallest absolute Gasteiger partial charge is 0.127 e. The van der Waals surface area contributed by atoms with E-state index in [1.54, 1.807) is 0 Å². The normalized spacial score (nSPS) is 11.6. The molecular formula is C14H23NO2. The standard InChI is InChI=1S/C14H23NO2/c1-10-6-7-12(15)11(2)13(10)16-8-9-17-14(3,4)5/h6-7H,8-9,15H2,1-5H3. The van der Waals surface area contributed by atoms with Crippen molar-refractivity contribution in [1.29, 1.82) is 0 Å². The van der Waals surface area contributed by atoms with Crippen LogP contribution >= 0.6 is 0 Å². The highest BCUT2D eigenvalue weighted by Gasteiger charge is 2.10. The predicted octanol–water partition coefficient (Wildman–Crippen LogP) is 3.08. The van der Waals surface area contributed by atoms with Gasteiger partial charge in [-0.15, -0.1) is 0 Å². The van der Waals surface area contributed by atoms with Crippen LogP contribution in [0.4, 0.5) is 5.69 Å². The maximum absolute atomic E-state index is 5.85. The molecule has 0 unspecified atom stereocenters. The number of hydrogen-bond donors (Lipinski definition) is 1. The molecule has 0 aliphatic heterocycles. The largest absolute Gasteiger partial charge is 0.491 e. The van der Waals surface area contributed by atoms with E-state index < -0.39 is 0 Å². The van der Waals surface area contributed by atoms with Gasteiger partial charge >= 0.3 is 0 Å². The number of nitrogens with two attached hydrogens (primary N) is 1. The van der Waals surface area contributed by atoms with Gasteiger partial charge in [-0.25, -0.2) is 0 Å². The zero-order valence-electron chi connectivity index (χ0n) is 11.5. The summed E-state index contributed by atoms with van der Waals surface area (Å²) in [4.78, 5) is 0. The molecule has 0 heterocycles. The SMILES string of the molecule is Cc1ccc(N)c(C)c1OCCOC(C)(C)C. The molecule has 1 aromatic rings. The summed E-state index contributed by atoms with van der Waals surface area (Å²) in [5.41, 5.74) is 8.60. The zero-order chi connectivity index (χ0) is 13.1. The molecular weight excluding hydrogens is 214 g/mol. The number of anilines is 1. The summed E-state index contributed by atoms with van der Waals surface area (Å²) in [6, 6.07) is 3.88. The summed E-state index contributed by atoms with van der Waals surface area (Å²) in [5, 5.41) is 0. The molecule has 0 atom stereocenters. The van der Waals surface area contributed by atoms with Gasteiger partial charge in [0.15, 0.2) is 0 Å². The zero-order valence-corrected chi connectivity index (χ0v) is 11.5. The molecule has 96 valence electrons. The van der Waals surface area contributed by atoms with Crippen LogP contribution in [-0.4, -0.2) is 18.8 Å².